The average molecular weight is 393 g/mol. The van der Waals surface area contributed by atoms with Crippen LogP contribution in [0.5, 0.6) is 5.75 Å². The SMILES string of the molecule is COC(=O)c1cc2sc(N(C)S(=O)c3ccc(OC)cc3)cc2oc1=O. The second kappa shape index (κ2) is 7.30. The van der Waals surface area contributed by atoms with Crippen molar-refractivity contribution in [2.75, 3.05) is 25.6 Å². The first kappa shape index (κ1) is 18.2. The zero-order valence-electron chi connectivity index (χ0n) is 14.2. The number of fused-ring (bicyclic) bond motifs is 1. The number of anilines is 1. The molecular weight excluding hydrogens is 378 g/mol. The van der Waals surface area contributed by atoms with Crippen molar-refractivity contribution in [3.63, 3.8) is 0 Å². The number of carbonyl (C=O) groups excluding carboxylic acids is 1. The zero-order chi connectivity index (χ0) is 18.8. The predicted molar refractivity (Wildman–Crippen MR) is 99.5 cm³/mol. The van der Waals surface area contributed by atoms with Gasteiger partial charge in [-0.05, 0) is 30.3 Å². The second-order valence-corrected chi connectivity index (χ2v) is 7.75. The third-order valence-corrected chi connectivity index (χ3v) is 6.26. The number of thiophene rings is 1. The highest BCUT2D eigenvalue weighted by Gasteiger charge is 2.19. The molecule has 136 valence electrons. The van der Waals surface area contributed by atoms with Crippen LogP contribution < -0.4 is 14.7 Å². The van der Waals surface area contributed by atoms with E-state index >= 15 is 0 Å². The fourth-order valence-electron chi connectivity index (χ4n) is 2.24. The summed E-state index contributed by atoms with van der Waals surface area (Å²) in [6, 6.07) is 9.93. The van der Waals surface area contributed by atoms with Crippen LogP contribution in [0.1, 0.15) is 10.4 Å². The monoisotopic (exact) mass is 393 g/mol. The van der Waals surface area contributed by atoms with Gasteiger partial charge in [0.25, 0.3) is 0 Å². The highest BCUT2D eigenvalue weighted by molar-refractivity contribution is 7.86. The quantitative estimate of drug-likeness (QED) is 0.620. The van der Waals surface area contributed by atoms with E-state index in [1.807, 2.05) is 0 Å². The van der Waals surface area contributed by atoms with Crippen LogP contribution in [0.4, 0.5) is 5.00 Å². The van der Waals surface area contributed by atoms with Gasteiger partial charge in [0.2, 0.25) is 0 Å². The van der Waals surface area contributed by atoms with E-state index in [0.29, 0.717) is 25.9 Å². The number of rotatable bonds is 5. The molecular formula is C17H15NO6S2. The molecule has 0 saturated carbocycles. The standard InChI is InChI=1S/C17H15NO6S2/c1-18(26(21)11-6-4-10(22-2)5-7-11)15-9-13-14(25-15)8-12(16(19)23-3)17(20)24-13/h4-9H,1-3H3. The number of methoxy groups -OCH3 is 2. The average Bonchev–Trinajstić information content (AvgIpc) is 3.08. The molecule has 1 aromatic carbocycles. The number of carbonyl (C=O) groups is 1. The van der Waals surface area contributed by atoms with Gasteiger partial charge in [-0.2, -0.15) is 0 Å². The first-order chi connectivity index (χ1) is 12.4. The highest BCUT2D eigenvalue weighted by Crippen LogP contribution is 2.33. The molecule has 0 aliphatic carbocycles. The molecule has 0 amide bonds. The molecule has 1 atom stereocenters. The summed E-state index contributed by atoms with van der Waals surface area (Å²) < 4.78 is 29.7. The van der Waals surface area contributed by atoms with Crippen LogP contribution in [-0.4, -0.2) is 31.4 Å². The number of hydrogen-bond donors (Lipinski definition) is 0. The molecule has 0 aliphatic heterocycles. The van der Waals surface area contributed by atoms with Crippen molar-refractivity contribution < 1.29 is 22.9 Å². The Morgan fingerprint density at radius 2 is 1.88 bits per heavy atom. The molecule has 0 aliphatic rings. The van der Waals surface area contributed by atoms with Gasteiger partial charge in [-0.15, -0.1) is 11.3 Å². The topological polar surface area (TPSA) is 86.1 Å². The lowest BCUT2D eigenvalue weighted by Crippen LogP contribution is -2.19. The second-order valence-electron chi connectivity index (χ2n) is 5.17. The third-order valence-electron chi connectivity index (χ3n) is 3.64. The first-order valence-corrected chi connectivity index (χ1v) is 9.32. The van der Waals surface area contributed by atoms with E-state index in [2.05, 4.69) is 4.74 Å². The van der Waals surface area contributed by atoms with Crippen molar-refractivity contribution in [3.05, 3.63) is 52.4 Å². The third kappa shape index (κ3) is 3.35. The minimum absolute atomic E-state index is 0.174. The summed E-state index contributed by atoms with van der Waals surface area (Å²) in [4.78, 5) is 24.1. The fraction of sp³-hybridized carbons (Fsp3) is 0.176. The number of hydrogen-bond acceptors (Lipinski definition) is 7. The fourth-order valence-corrected chi connectivity index (χ4v) is 4.35. The smallest absolute Gasteiger partial charge is 0.351 e. The molecule has 1 unspecified atom stereocenters. The zero-order valence-corrected chi connectivity index (χ0v) is 15.8. The first-order valence-electron chi connectivity index (χ1n) is 7.40. The van der Waals surface area contributed by atoms with Crippen LogP contribution in [0.2, 0.25) is 0 Å². The van der Waals surface area contributed by atoms with Gasteiger partial charge in [0.1, 0.15) is 16.3 Å². The molecule has 2 aromatic heterocycles. The van der Waals surface area contributed by atoms with Crippen LogP contribution >= 0.6 is 11.3 Å². The van der Waals surface area contributed by atoms with Gasteiger partial charge in [-0.3, -0.25) is 4.31 Å². The Morgan fingerprint density at radius 3 is 2.50 bits per heavy atom. The van der Waals surface area contributed by atoms with Gasteiger partial charge >= 0.3 is 11.6 Å². The van der Waals surface area contributed by atoms with Crippen molar-refractivity contribution in [2.24, 2.45) is 0 Å². The normalized spacial score (nSPS) is 12.0. The van der Waals surface area contributed by atoms with E-state index in [4.69, 9.17) is 9.15 Å². The van der Waals surface area contributed by atoms with E-state index in [0.717, 1.165) is 0 Å². The van der Waals surface area contributed by atoms with E-state index in [-0.39, 0.29) is 5.56 Å². The Balaban J connectivity index is 1.94. The summed E-state index contributed by atoms with van der Waals surface area (Å²) >= 11 is 1.25. The molecule has 0 N–H and O–H groups in total. The predicted octanol–water partition coefficient (Wildman–Crippen LogP) is 2.81. The lowest BCUT2D eigenvalue weighted by atomic mass is 10.3. The van der Waals surface area contributed by atoms with Crippen molar-refractivity contribution in [2.45, 2.75) is 4.90 Å². The summed E-state index contributed by atoms with van der Waals surface area (Å²) in [5.41, 5.74) is -0.624. The van der Waals surface area contributed by atoms with E-state index < -0.39 is 22.6 Å². The maximum Gasteiger partial charge on any atom is 0.351 e. The molecule has 0 fully saturated rings. The Bertz CT molecular complexity index is 1040. The van der Waals surface area contributed by atoms with Crippen molar-refractivity contribution >= 4 is 43.6 Å². The Kier molecular flexibility index (Phi) is 5.10. The van der Waals surface area contributed by atoms with Crippen molar-refractivity contribution in [1.82, 2.24) is 0 Å². The minimum Gasteiger partial charge on any atom is -0.497 e. The number of esters is 1. The van der Waals surface area contributed by atoms with E-state index in [1.54, 1.807) is 48.8 Å². The van der Waals surface area contributed by atoms with Gasteiger partial charge < -0.3 is 13.9 Å². The van der Waals surface area contributed by atoms with E-state index in [1.165, 1.54) is 24.5 Å². The lowest BCUT2D eigenvalue weighted by molar-refractivity contribution is 0.0596. The molecule has 0 saturated heterocycles. The van der Waals surface area contributed by atoms with Gasteiger partial charge in [-0.1, -0.05) is 0 Å². The number of nitrogens with zero attached hydrogens (tertiary/aromatic N) is 1. The number of ether oxygens (including phenoxy) is 2. The summed E-state index contributed by atoms with van der Waals surface area (Å²) in [5, 5.41) is 0.624. The van der Waals surface area contributed by atoms with Crippen LogP contribution in [-0.2, 0) is 15.7 Å². The molecule has 2 heterocycles. The van der Waals surface area contributed by atoms with E-state index in [9.17, 15) is 13.8 Å². The minimum atomic E-state index is -1.46. The molecule has 7 nitrogen and oxygen atoms in total. The van der Waals surface area contributed by atoms with Crippen molar-refractivity contribution in [1.29, 1.82) is 0 Å². The number of benzene rings is 1. The lowest BCUT2D eigenvalue weighted by Gasteiger charge is -2.15. The maximum atomic E-state index is 12.7. The summed E-state index contributed by atoms with van der Waals surface area (Å²) in [6.45, 7) is 0. The summed E-state index contributed by atoms with van der Waals surface area (Å²) in [7, 11) is 2.96. The Hall–Kier alpha value is -2.65. The molecule has 3 aromatic rings. The summed E-state index contributed by atoms with van der Waals surface area (Å²) in [5.74, 6) is -0.0851. The van der Waals surface area contributed by atoms with Crippen LogP contribution in [0, 0.1) is 0 Å². The summed E-state index contributed by atoms with van der Waals surface area (Å²) in [6.07, 6.45) is 0. The molecule has 26 heavy (non-hydrogen) atoms. The Morgan fingerprint density at radius 1 is 1.19 bits per heavy atom. The van der Waals surface area contributed by atoms with Gasteiger partial charge in [0.05, 0.1) is 23.8 Å². The Labute approximate surface area is 155 Å². The van der Waals surface area contributed by atoms with Crippen molar-refractivity contribution in [3.8, 4) is 5.75 Å². The van der Waals surface area contributed by atoms with Crippen LogP contribution in [0.3, 0.4) is 0 Å². The molecule has 9 heteroatoms. The molecule has 3 rings (SSSR count). The largest absolute Gasteiger partial charge is 0.497 e. The molecule has 0 spiro atoms. The van der Waals surface area contributed by atoms with Gasteiger partial charge in [-0.25, -0.2) is 13.8 Å². The van der Waals surface area contributed by atoms with Crippen LogP contribution in [0.25, 0.3) is 10.3 Å². The highest BCUT2D eigenvalue weighted by atomic mass is 32.2. The molecule has 0 radical (unpaired) electrons. The van der Waals surface area contributed by atoms with Crippen LogP contribution in [0.15, 0.2) is 50.5 Å². The maximum absolute atomic E-state index is 12.7. The molecule has 0 bridgehead atoms. The van der Waals surface area contributed by atoms with Gasteiger partial charge in [0.15, 0.2) is 16.6 Å². The van der Waals surface area contributed by atoms with Gasteiger partial charge in [0, 0.05) is 13.1 Å².